The lowest BCUT2D eigenvalue weighted by molar-refractivity contribution is 0.0951. The Morgan fingerprint density at radius 1 is 1.19 bits per heavy atom. The highest BCUT2D eigenvalue weighted by atomic mass is 32.1. The lowest BCUT2D eigenvalue weighted by atomic mass is 10.2. The first-order chi connectivity index (χ1) is 12.7. The summed E-state index contributed by atoms with van der Waals surface area (Å²) in [6, 6.07) is 7.92. The number of thiazole rings is 1. The van der Waals surface area contributed by atoms with E-state index < -0.39 is 0 Å². The van der Waals surface area contributed by atoms with E-state index in [-0.39, 0.29) is 5.91 Å². The summed E-state index contributed by atoms with van der Waals surface area (Å²) in [5.41, 5.74) is 2.99. The fraction of sp³-hybridized carbons (Fsp3) is 0.500. The van der Waals surface area contributed by atoms with Gasteiger partial charge in [-0.05, 0) is 50.2 Å². The molecular weight excluding hydrogens is 344 g/mol. The van der Waals surface area contributed by atoms with Gasteiger partial charge in [0.05, 0.1) is 12.2 Å². The van der Waals surface area contributed by atoms with Crippen LogP contribution in [0.25, 0.3) is 0 Å². The molecule has 1 fully saturated rings. The van der Waals surface area contributed by atoms with Crippen LogP contribution in [-0.2, 0) is 13.1 Å². The third kappa shape index (κ3) is 4.83. The normalized spacial score (nSPS) is 14.2. The third-order valence-electron chi connectivity index (χ3n) is 4.88. The van der Waals surface area contributed by atoms with Gasteiger partial charge < -0.3 is 10.2 Å². The minimum absolute atomic E-state index is 0.0431. The van der Waals surface area contributed by atoms with E-state index in [0.717, 1.165) is 43.4 Å². The second-order valence-corrected chi connectivity index (χ2v) is 7.56. The Kier molecular flexibility index (Phi) is 6.63. The zero-order chi connectivity index (χ0) is 18.4. The average Bonchev–Trinajstić information content (AvgIpc) is 3.36. The summed E-state index contributed by atoms with van der Waals surface area (Å²) in [6.45, 7) is 9.95. The lowest BCUT2D eigenvalue weighted by Crippen LogP contribution is -2.24. The Morgan fingerprint density at radius 2 is 1.88 bits per heavy atom. The van der Waals surface area contributed by atoms with Crippen molar-refractivity contribution >= 4 is 22.9 Å². The van der Waals surface area contributed by atoms with Gasteiger partial charge in [0.25, 0.3) is 5.91 Å². The molecule has 0 saturated carbocycles. The number of anilines is 1. The van der Waals surface area contributed by atoms with Crippen molar-refractivity contribution in [2.45, 2.75) is 39.8 Å². The molecule has 1 aromatic heterocycles. The number of benzene rings is 1. The number of aromatic nitrogens is 1. The van der Waals surface area contributed by atoms with E-state index in [4.69, 9.17) is 0 Å². The number of hydrogen-bond donors (Lipinski definition) is 1. The summed E-state index contributed by atoms with van der Waals surface area (Å²) < 4.78 is 0. The molecule has 5 nitrogen and oxygen atoms in total. The van der Waals surface area contributed by atoms with Gasteiger partial charge in [0, 0.05) is 36.3 Å². The monoisotopic (exact) mass is 372 g/mol. The summed E-state index contributed by atoms with van der Waals surface area (Å²) in [4.78, 5) is 21.7. The molecule has 1 aromatic carbocycles. The van der Waals surface area contributed by atoms with Crippen molar-refractivity contribution in [1.82, 2.24) is 15.2 Å². The molecule has 140 valence electrons. The first-order valence-corrected chi connectivity index (χ1v) is 10.4. The number of carbonyl (C=O) groups excluding carboxylic acids is 1. The molecule has 1 aliphatic rings. The van der Waals surface area contributed by atoms with Crippen LogP contribution in [0.2, 0.25) is 0 Å². The number of amides is 1. The van der Waals surface area contributed by atoms with Crippen LogP contribution in [-0.4, -0.2) is 42.0 Å². The minimum Gasteiger partial charge on any atom is -0.372 e. The predicted molar refractivity (Wildman–Crippen MR) is 108 cm³/mol. The molecule has 2 heterocycles. The number of carbonyl (C=O) groups is 1. The van der Waals surface area contributed by atoms with Gasteiger partial charge in [-0.3, -0.25) is 9.69 Å². The van der Waals surface area contributed by atoms with Gasteiger partial charge in [-0.15, -0.1) is 11.3 Å². The minimum atomic E-state index is -0.0431. The third-order valence-corrected chi connectivity index (χ3v) is 5.78. The zero-order valence-corrected chi connectivity index (χ0v) is 16.5. The maximum atomic E-state index is 12.4. The van der Waals surface area contributed by atoms with Gasteiger partial charge >= 0.3 is 0 Å². The van der Waals surface area contributed by atoms with E-state index in [1.54, 1.807) is 11.3 Å². The van der Waals surface area contributed by atoms with Crippen molar-refractivity contribution in [1.29, 1.82) is 0 Å². The number of nitrogens with zero attached hydrogens (tertiary/aromatic N) is 3. The first kappa shape index (κ1) is 18.9. The summed E-state index contributed by atoms with van der Waals surface area (Å²) in [6.07, 6.45) is 2.51. The average molecular weight is 373 g/mol. The van der Waals surface area contributed by atoms with Crippen LogP contribution in [0.4, 0.5) is 5.69 Å². The number of nitrogens with one attached hydrogen (secondary N) is 1. The van der Waals surface area contributed by atoms with Crippen LogP contribution in [0.1, 0.15) is 47.7 Å². The molecule has 2 aromatic rings. The van der Waals surface area contributed by atoms with Gasteiger partial charge in [-0.25, -0.2) is 4.98 Å². The van der Waals surface area contributed by atoms with Crippen molar-refractivity contribution in [3.8, 4) is 0 Å². The quantitative estimate of drug-likeness (QED) is 0.770. The Bertz CT molecular complexity index is 703. The molecular formula is C20H28N4OS. The molecule has 1 N–H and O–H groups in total. The Labute approximate surface area is 160 Å². The fourth-order valence-corrected chi connectivity index (χ4v) is 3.96. The smallest absolute Gasteiger partial charge is 0.251 e. The Balaban J connectivity index is 1.51. The van der Waals surface area contributed by atoms with E-state index in [9.17, 15) is 4.79 Å². The number of hydrogen-bond acceptors (Lipinski definition) is 5. The van der Waals surface area contributed by atoms with E-state index in [1.807, 2.05) is 24.3 Å². The van der Waals surface area contributed by atoms with E-state index in [1.165, 1.54) is 18.5 Å². The molecule has 1 saturated heterocycles. The van der Waals surface area contributed by atoms with Crippen LogP contribution < -0.4 is 10.2 Å². The van der Waals surface area contributed by atoms with Crippen LogP contribution >= 0.6 is 11.3 Å². The Hall–Kier alpha value is -1.92. The topological polar surface area (TPSA) is 48.5 Å². The molecule has 0 spiro atoms. The summed E-state index contributed by atoms with van der Waals surface area (Å²) >= 11 is 1.61. The van der Waals surface area contributed by atoms with Gasteiger partial charge in [-0.2, -0.15) is 0 Å². The largest absolute Gasteiger partial charge is 0.372 e. The highest BCUT2D eigenvalue weighted by Gasteiger charge is 2.13. The molecule has 0 aliphatic carbocycles. The highest BCUT2D eigenvalue weighted by Crippen LogP contribution is 2.20. The highest BCUT2D eigenvalue weighted by molar-refractivity contribution is 7.09. The van der Waals surface area contributed by atoms with Crippen molar-refractivity contribution in [3.63, 3.8) is 0 Å². The van der Waals surface area contributed by atoms with Gasteiger partial charge in [0.2, 0.25) is 0 Å². The molecule has 0 radical (unpaired) electrons. The lowest BCUT2D eigenvalue weighted by Gasteiger charge is -2.17. The summed E-state index contributed by atoms with van der Waals surface area (Å²) in [5, 5.41) is 6.02. The van der Waals surface area contributed by atoms with E-state index in [0.29, 0.717) is 12.1 Å². The zero-order valence-electron chi connectivity index (χ0n) is 15.7. The molecule has 0 bridgehead atoms. The van der Waals surface area contributed by atoms with Crippen molar-refractivity contribution in [2.24, 2.45) is 0 Å². The van der Waals surface area contributed by atoms with Gasteiger partial charge in [0.15, 0.2) is 0 Å². The van der Waals surface area contributed by atoms with Crippen molar-refractivity contribution in [3.05, 3.63) is 45.9 Å². The van der Waals surface area contributed by atoms with Crippen LogP contribution in [0, 0.1) is 0 Å². The van der Waals surface area contributed by atoms with Crippen LogP contribution in [0.15, 0.2) is 29.6 Å². The molecule has 1 aliphatic heterocycles. The summed E-state index contributed by atoms with van der Waals surface area (Å²) in [5.74, 6) is -0.0431. The second kappa shape index (κ2) is 9.14. The van der Waals surface area contributed by atoms with Crippen molar-refractivity contribution < 1.29 is 4.79 Å². The van der Waals surface area contributed by atoms with E-state index >= 15 is 0 Å². The molecule has 26 heavy (non-hydrogen) atoms. The standard InChI is InChI=1S/C20H28N4OS/c1-3-23(4-2)14-17-15-26-19(22-17)13-21-20(25)16-7-9-18(10-8-16)24-11-5-6-12-24/h7-10,15H,3-6,11-14H2,1-2H3,(H,21,25). The van der Waals surface area contributed by atoms with Crippen molar-refractivity contribution in [2.75, 3.05) is 31.1 Å². The molecule has 1 amide bonds. The molecule has 0 atom stereocenters. The summed E-state index contributed by atoms with van der Waals surface area (Å²) in [7, 11) is 0. The fourth-order valence-electron chi connectivity index (χ4n) is 3.24. The maximum Gasteiger partial charge on any atom is 0.251 e. The molecule has 3 rings (SSSR count). The predicted octanol–water partition coefficient (Wildman–Crippen LogP) is 3.52. The Morgan fingerprint density at radius 3 is 2.54 bits per heavy atom. The maximum absolute atomic E-state index is 12.4. The van der Waals surface area contributed by atoms with Crippen LogP contribution in [0.5, 0.6) is 0 Å². The van der Waals surface area contributed by atoms with Gasteiger partial charge in [0.1, 0.15) is 5.01 Å². The number of rotatable bonds is 8. The first-order valence-electron chi connectivity index (χ1n) is 9.48. The van der Waals surface area contributed by atoms with E-state index in [2.05, 4.69) is 39.3 Å². The second-order valence-electron chi connectivity index (χ2n) is 6.62. The SMILES string of the molecule is CCN(CC)Cc1csc(CNC(=O)c2ccc(N3CCCC3)cc2)n1. The molecule has 0 unspecified atom stereocenters. The molecule has 6 heteroatoms. The van der Waals surface area contributed by atoms with Gasteiger partial charge in [-0.1, -0.05) is 13.8 Å². The van der Waals surface area contributed by atoms with Crippen LogP contribution in [0.3, 0.4) is 0 Å².